The minimum absolute atomic E-state index is 0.0201. The number of carbonyl (C=O) groups excluding carboxylic acids is 3. The Balaban J connectivity index is 1.53. The summed E-state index contributed by atoms with van der Waals surface area (Å²) in [4.78, 5) is 54.8. The van der Waals surface area contributed by atoms with Crippen molar-refractivity contribution in [1.29, 1.82) is 0 Å². The van der Waals surface area contributed by atoms with Crippen molar-refractivity contribution in [2.75, 3.05) is 53.4 Å². The Morgan fingerprint density at radius 3 is 2.37 bits per heavy atom. The first kappa shape index (κ1) is 35.3. The average Bonchev–Trinajstić information content (AvgIpc) is 3.62. The zero-order valence-corrected chi connectivity index (χ0v) is 31.4. The molecule has 4 aromatic rings. The number of likely N-dealkylation sites (tertiary alicyclic amines) is 1. The number of rotatable bonds is 9. The number of H-pyrrole nitrogens is 1. The fraction of sp³-hybridized carbons (Fsp3) is 0.378. The number of halogens is 2. The summed E-state index contributed by atoms with van der Waals surface area (Å²) in [5.74, 6) is -0.186. The molecule has 2 unspecified atom stereocenters. The summed E-state index contributed by atoms with van der Waals surface area (Å²) in [6.45, 7) is 6.61. The van der Waals surface area contributed by atoms with Crippen LogP contribution in [0.15, 0.2) is 82.3 Å². The van der Waals surface area contributed by atoms with Crippen molar-refractivity contribution in [3.63, 3.8) is 0 Å². The van der Waals surface area contributed by atoms with E-state index in [-0.39, 0.29) is 30.3 Å². The Hall–Kier alpha value is -3.51. The van der Waals surface area contributed by atoms with Crippen LogP contribution < -0.4 is 5.32 Å². The molecule has 12 heteroatoms. The Morgan fingerprint density at radius 2 is 1.71 bits per heavy atom. The standard InChI is InChI=1S/C37H42BrClN6O3S/c1-5-40-36(48)44-18-16-43(17-19-44)35(47)37(49-28-13-6-24(2)7-14-28)21-33(46)45(32(23-42(3)4)25-8-10-26(38)11-9-25)34(37)30-22-41-31-20-27(39)12-15-29(30)31/h6-15,20,22,32,34,41H,5,16-19,21,23H2,1-4H3,(H,40,48)/t32?,34-,37?/m0/s1. The smallest absolute Gasteiger partial charge is 0.317 e. The predicted molar refractivity (Wildman–Crippen MR) is 200 cm³/mol. The maximum Gasteiger partial charge on any atom is 0.317 e. The van der Waals surface area contributed by atoms with Gasteiger partial charge in [0.1, 0.15) is 4.75 Å². The molecule has 0 aliphatic carbocycles. The molecule has 0 radical (unpaired) electrons. The van der Waals surface area contributed by atoms with Crippen molar-refractivity contribution >= 4 is 68.0 Å². The van der Waals surface area contributed by atoms with Gasteiger partial charge in [-0.2, -0.15) is 0 Å². The third-order valence-electron chi connectivity index (χ3n) is 9.39. The fourth-order valence-corrected chi connectivity index (χ4v) is 8.95. The number of piperazine rings is 1. The molecule has 2 N–H and O–H groups in total. The number of carbonyl (C=O) groups is 3. The number of amides is 4. The number of nitrogens with one attached hydrogen (secondary N) is 2. The van der Waals surface area contributed by atoms with Crippen molar-refractivity contribution < 1.29 is 14.4 Å². The largest absolute Gasteiger partial charge is 0.361 e. The summed E-state index contributed by atoms with van der Waals surface area (Å²) in [5.41, 5.74) is 3.80. The zero-order valence-electron chi connectivity index (χ0n) is 28.2. The quantitative estimate of drug-likeness (QED) is 0.194. The second-order valence-electron chi connectivity index (χ2n) is 13.1. The molecule has 2 fully saturated rings. The number of fused-ring (bicyclic) bond motifs is 1. The molecule has 2 saturated heterocycles. The number of aromatic nitrogens is 1. The topological polar surface area (TPSA) is 92.0 Å². The molecular formula is C37H42BrClN6O3S. The summed E-state index contributed by atoms with van der Waals surface area (Å²) in [6, 6.07) is 20.8. The van der Waals surface area contributed by atoms with E-state index in [9.17, 15) is 9.59 Å². The maximum absolute atomic E-state index is 15.4. The Labute approximate surface area is 305 Å². The molecule has 258 valence electrons. The number of thioether (sulfide) groups is 1. The lowest BCUT2D eigenvalue weighted by Crippen LogP contribution is -2.58. The van der Waals surface area contributed by atoms with Crippen LogP contribution >= 0.6 is 39.3 Å². The first-order valence-electron chi connectivity index (χ1n) is 16.6. The van der Waals surface area contributed by atoms with Gasteiger partial charge in [-0.1, -0.05) is 63.4 Å². The molecule has 49 heavy (non-hydrogen) atoms. The van der Waals surface area contributed by atoms with E-state index in [0.29, 0.717) is 44.3 Å². The van der Waals surface area contributed by atoms with E-state index in [2.05, 4.69) is 31.1 Å². The zero-order chi connectivity index (χ0) is 34.9. The van der Waals surface area contributed by atoms with Gasteiger partial charge in [-0.05, 0) is 69.9 Å². The van der Waals surface area contributed by atoms with Gasteiger partial charge in [0.05, 0.1) is 18.5 Å². The second-order valence-corrected chi connectivity index (χ2v) is 15.8. The lowest BCUT2D eigenvalue weighted by molar-refractivity contribution is -0.136. The van der Waals surface area contributed by atoms with Gasteiger partial charge in [-0.15, -0.1) is 11.8 Å². The normalized spacial score (nSPS) is 20.3. The minimum atomic E-state index is -1.21. The number of urea groups is 1. The van der Waals surface area contributed by atoms with Gasteiger partial charge in [0.25, 0.3) is 0 Å². The highest BCUT2D eigenvalue weighted by atomic mass is 79.9. The SMILES string of the molecule is CCNC(=O)N1CCN(C(=O)C2(Sc3ccc(C)cc3)CC(=O)N(C(CN(C)C)c3ccc(Br)cc3)[C@H]2c2c[nH]c3cc(Cl)ccc23)CC1. The molecule has 0 spiro atoms. The first-order chi connectivity index (χ1) is 23.5. The number of hydrogen-bond acceptors (Lipinski definition) is 5. The molecule has 0 bridgehead atoms. The number of aromatic amines is 1. The van der Waals surface area contributed by atoms with E-state index in [0.717, 1.165) is 37.0 Å². The van der Waals surface area contributed by atoms with Crippen LogP contribution in [0.5, 0.6) is 0 Å². The number of nitrogens with zero attached hydrogens (tertiary/aromatic N) is 4. The summed E-state index contributed by atoms with van der Waals surface area (Å²) < 4.78 is -0.265. The molecule has 1 aromatic heterocycles. The van der Waals surface area contributed by atoms with Gasteiger partial charge in [-0.25, -0.2) is 4.79 Å². The molecule has 2 aliphatic heterocycles. The van der Waals surface area contributed by atoms with E-state index in [4.69, 9.17) is 11.6 Å². The van der Waals surface area contributed by atoms with Crippen LogP contribution in [-0.2, 0) is 9.59 Å². The minimum Gasteiger partial charge on any atom is -0.361 e. The third-order valence-corrected chi connectivity index (χ3v) is 11.6. The van der Waals surface area contributed by atoms with Crippen LogP contribution in [0.25, 0.3) is 10.9 Å². The lowest BCUT2D eigenvalue weighted by Gasteiger charge is -2.44. The van der Waals surface area contributed by atoms with Crippen molar-refractivity contribution in [2.24, 2.45) is 0 Å². The van der Waals surface area contributed by atoms with E-state index < -0.39 is 10.8 Å². The molecule has 9 nitrogen and oxygen atoms in total. The lowest BCUT2D eigenvalue weighted by atomic mass is 9.89. The molecule has 0 saturated carbocycles. The molecule has 4 amide bonds. The monoisotopic (exact) mass is 764 g/mol. The average molecular weight is 766 g/mol. The number of benzene rings is 3. The molecule has 3 heterocycles. The van der Waals surface area contributed by atoms with Crippen LogP contribution in [-0.4, -0.2) is 101 Å². The highest BCUT2D eigenvalue weighted by Gasteiger charge is 2.61. The van der Waals surface area contributed by atoms with Crippen molar-refractivity contribution in [3.8, 4) is 0 Å². The number of aryl methyl sites for hydroxylation is 1. The Morgan fingerprint density at radius 1 is 1.04 bits per heavy atom. The fourth-order valence-electron chi connectivity index (χ4n) is 7.06. The van der Waals surface area contributed by atoms with Crippen LogP contribution in [0.4, 0.5) is 4.79 Å². The van der Waals surface area contributed by atoms with Gasteiger partial charge in [-0.3, -0.25) is 9.59 Å². The highest BCUT2D eigenvalue weighted by molar-refractivity contribution is 9.10. The van der Waals surface area contributed by atoms with Crippen LogP contribution in [0.2, 0.25) is 5.02 Å². The van der Waals surface area contributed by atoms with Gasteiger partial charge < -0.3 is 29.9 Å². The second kappa shape index (κ2) is 14.8. The van der Waals surface area contributed by atoms with Crippen LogP contribution in [0.1, 0.15) is 42.1 Å². The van der Waals surface area contributed by atoms with E-state index in [1.165, 1.54) is 11.8 Å². The van der Waals surface area contributed by atoms with Gasteiger partial charge in [0, 0.05) is 76.3 Å². The molecule has 2 aliphatic rings. The van der Waals surface area contributed by atoms with Crippen LogP contribution in [0.3, 0.4) is 0 Å². The summed E-state index contributed by atoms with van der Waals surface area (Å²) in [6.07, 6.45) is 1.96. The van der Waals surface area contributed by atoms with Crippen LogP contribution in [0, 0.1) is 6.92 Å². The van der Waals surface area contributed by atoms with Crippen molar-refractivity contribution in [2.45, 2.75) is 42.0 Å². The van der Waals surface area contributed by atoms with E-state index in [1.54, 1.807) is 4.90 Å². The molecule has 3 aromatic carbocycles. The maximum atomic E-state index is 15.4. The van der Waals surface area contributed by atoms with Crippen molar-refractivity contribution in [3.05, 3.63) is 99.1 Å². The number of likely N-dealkylation sites (N-methyl/N-ethyl adjacent to an activating group) is 1. The summed E-state index contributed by atoms with van der Waals surface area (Å²) in [5, 5.41) is 4.38. The summed E-state index contributed by atoms with van der Waals surface area (Å²) >= 11 is 11.5. The Kier molecular flexibility index (Phi) is 10.6. The van der Waals surface area contributed by atoms with Gasteiger partial charge in [0.15, 0.2) is 0 Å². The highest BCUT2D eigenvalue weighted by Crippen LogP contribution is 2.57. The third kappa shape index (κ3) is 7.22. The van der Waals surface area contributed by atoms with E-state index >= 15 is 4.79 Å². The Bertz CT molecular complexity index is 1830. The molecule has 6 rings (SSSR count). The first-order valence-corrected chi connectivity index (χ1v) is 18.5. The predicted octanol–water partition coefficient (Wildman–Crippen LogP) is 6.87. The molecular weight excluding hydrogens is 724 g/mol. The van der Waals surface area contributed by atoms with Gasteiger partial charge in [0.2, 0.25) is 11.8 Å². The number of hydrogen-bond donors (Lipinski definition) is 2. The van der Waals surface area contributed by atoms with E-state index in [1.807, 2.05) is 111 Å². The summed E-state index contributed by atoms with van der Waals surface area (Å²) in [7, 11) is 4.01. The molecule has 3 atom stereocenters. The van der Waals surface area contributed by atoms with Gasteiger partial charge >= 0.3 is 6.03 Å². The van der Waals surface area contributed by atoms with Crippen molar-refractivity contribution in [1.82, 2.24) is 29.9 Å².